The number of ether oxygens (including phenoxy) is 1. The zero-order chi connectivity index (χ0) is 12.3. The summed E-state index contributed by atoms with van der Waals surface area (Å²) in [5.41, 5.74) is 2.87. The van der Waals surface area contributed by atoms with Crippen molar-refractivity contribution in [2.24, 2.45) is 0 Å². The molecule has 2 rings (SSSR count). The molecule has 1 aliphatic heterocycles. The van der Waals surface area contributed by atoms with Crippen molar-refractivity contribution in [3.05, 3.63) is 29.3 Å². The fraction of sp³-hybridized carbons (Fsp3) is 0.462. The van der Waals surface area contributed by atoms with Gasteiger partial charge in [-0.25, -0.2) is 0 Å². The average Bonchev–Trinajstić information content (AvgIpc) is 2.25. The Kier molecular flexibility index (Phi) is 3.64. The summed E-state index contributed by atoms with van der Waals surface area (Å²) in [7, 11) is 0. The van der Waals surface area contributed by atoms with Gasteiger partial charge in [-0.1, -0.05) is 0 Å². The summed E-state index contributed by atoms with van der Waals surface area (Å²) >= 11 is 0. The Hall–Kier alpha value is -1.55. The molecule has 0 unspecified atom stereocenters. The van der Waals surface area contributed by atoms with Crippen LogP contribution in [0.1, 0.15) is 22.8 Å². The van der Waals surface area contributed by atoms with E-state index in [1.165, 1.54) is 0 Å². The van der Waals surface area contributed by atoms with Gasteiger partial charge in [0, 0.05) is 17.8 Å². The Balaban J connectivity index is 2.07. The van der Waals surface area contributed by atoms with Crippen LogP contribution in [0.25, 0.3) is 0 Å². The lowest BCUT2D eigenvalue weighted by molar-refractivity contribution is 0.0211. The average molecular weight is 234 g/mol. The highest BCUT2D eigenvalue weighted by Gasteiger charge is 2.18. The van der Waals surface area contributed by atoms with Crippen LogP contribution in [0.15, 0.2) is 18.2 Å². The Labute approximate surface area is 101 Å². The van der Waals surface area contributed by atoms with Crippen molar-refractivity contribution in [1.29, 1.82) is 0 Å². The normalized spacial score (nSPS) is 15.2. The van der Waals surface area contributed by atoms with Gasteiger partial charge in [0.1, 0.15) is 0 Å². The molecule has 4 nitrogen and oxygen atoms in total. The van der Waals surface area contributed by atoms with Crippen molar-refractivity contribution in [3.63, 3.8) is 0 Å². The van der Waals surface area contributed by atoms with Crippen molar-refractivity contribution in [1.82, 2.24) is 5.32 Å². The van der Waals surface area contributed by atoms with Gasteiger partial charge in [0.15, 0.2) is 0 Å². The summed E-state index contributed by atoms with van der Waals surface area (Å²) < 4.78 is 5.11. The summed E-state index contributed by atoms with van der Waals surface area (Å²) in [5, 5.41) is 6.18. The fourth-order valence-corrected chi connectivity index (χ4v) is 1.77. The molecule has 0 aliphatic carbocycles. The molecule has 1 heterocycles. The third kappa shape index (κ3) is 2.77. The number of carbonyl (C=O) groups is 1. The number of carbonyl (C=O) groups excluding carboxylic acids is 1. The first-order valence-corrected chi connectivity index (χ1v) is 5.94. The Morgan fingerprint density at radius 2 is 2.24 bits per heavy atom. The molecule has 0 saturated carbocycles. The summed E-state index contributed by atoms with van der Waals surface area (Å²) in [6.45, 7) is 6.09. The van der Waals surface area contributed by atoms with E-state index < -0.39 is 0 Å². The van der Waals surface area contributed by atoms with Crippen LogP contribution in [0.4, 0.5) is 5.69 Å². The molecule has 2 N–H and O–H groups in total. The highest BCUT2D eigenvalue weighted by Crippen LogP contribution is 2.19. The Morgan fingerprint density at radius 1 is 1.47 bits per heavy atom. The second-order valence-corrected chi connectivity index (χ2v) is 4.27. The number of hydrogen-bond donors (Lipinski definition) is 2. The first-order chi connectivity index (χ1) is 8.20. The molecule has 92 valence electrons. The maximum absolute atomic E-state index is 11.6. The van der Waals surface area contributed by atoms with Crippen LogP contribution in [0.3, 0.4) is 0 Å². The maximum Gasteiger partial charge on any atom is 0.251 e. The molecule has 0 spiro atoms. The van der Waals surface area contributed by atoms with Gasteiger partial charge in [-0.05, 0) is 37.6 Å². The second kappa shape index (κ2) is 5.19. The SMILES string of the molecule is CCNC(=O)c1ccc(NC2COC2)c(C)c1. The third-order valence-corrected chi connectivity index (χ3v) is 2.82. The highest BCUT2D eigenvalue weighted by molar-refractivity contribution is 5.94. The van der Waals surface area contributed by atoms with Gasteiger partial charge < -0.3 is 15.4 Å². The van der Waals surface area contributed by atoms with E-state index in [0.29, 0.717) is 18.2 Å². The molecule has 1 fully saturated rings. The van der Waals surface area contributed by atoms with Crippen LogP contribution in [0, 0.1) is 6.92 Å². The van der Waals surface area contributed by atoms with Crippen LogP contribution in [0.5, 0.6) is 0 Å². The van der Waals surface area contributed by atoms with Crippen molar-refractivity contribution in [2.45, 2.75) is 19.9 Å². The molecule has 1 aliphatic rings. The summed E-state index contributed by atoms with van der Waals surface area (Å²) in [4.78, 5) is 11.6. The Morgan fingerprint density at radius 3 is 2.76 bits per heavy atom. The number of hydrogen-bond acceptors (Lipinski definition) is 3. The van der Waals surface area contributed by atoms with Crippen LogP contribution in [0.2, 0.25) is 0 Å². The van der Waals surface area contributed by atoms with Crippen LogP contribution < -0.4 is 10.6 Å². The minimum absolute atomic E-state index is 0.0193. The number of rotatable bonds is 4. The van der Waals surface area contributed by atoms with Crippen LogP contribution in [-0.2, 0) is 4.74 Å². The molecule has 17 heavy (non-hydrogen) atoms. The lowest BCUT2D eigenvalue weighted by Gasteiger charge is -2.28. The van der Waals surface area contributed by atoms with E-state index in [4.69, 9.17) is 4.74 Å². The fourth-order valence-electron chi connectivity index (χ4n) is 1.77. The second-order valence-electron chi connectivity index (χ2n) is 4.27. The number of benzene rings is 1. The minimum atomic E-state index is -0.0193. The van der Waals surface area contributed by atoms with Gasteiger partial charge in [0.05, 0.1) is 19.3 Å². The highest BCUT2D eigenvalue weighted by atomic mass is 16.5. The molecular weight excluding hydrogens is 216 g/mol. The third-order valence-electron chi connectivity index (χ3n) is 2.82. The van der Waals surface area contributed by atoms with E-state index in [-0.39, 0.29) is 5.91 Å². The first kappa shape index (κ1) is 11.9. The van der Waals surface area contributed by atoms with Gasteiger partial charge >= 0.3 is 0 Å². The lowest BCUT2D eigenvalue weighted by Crippen LogP contribution is -2.40. The van der Waals surface area contributed by atoms with E-state index in [2.05, 4.69) is 10.6 Å². The van der Waals surface area contributed by atoms with Gasteiger partial charge in [0.25, 0.3) is 5.91 Å². The molecule has 1 amide bonds. The Bertz CT molecular complexity index is 414. The molecule has 0 aromatic heterocycles. The molecule has 1 aromatic carbocycles. The quantitative estimate of drug-likeness (QED) is 0.831. The van der Waals surface area contributed by atoms with E-state index in [0.717, 1.165) is 24.5 Å². The zero-order valence-electron chi connectivity index (χ0n) is 10.2. The molecule has 1 saturated heterocycles. The molecule has 0 radical (unpaired) electrons. The van der Waals surface area contributed by atoms with E-state index >= 15 is 0 Å². The van der Waals surface area contributed by atoms with Gasteiger partial charge in [-0.15, -0.1) is 0 Å². The predicted octanol–water partition coefficient (Wildman–Crippen LogP) is 1.56. The lowest BCUT2D eigenvalue weighted by atomic mass is 10.1. The topological polar surface area (TPSA) is 50.4 Å². The zero-order valence-corrected chi connectivity index (χ0v) is 10.2. The molecule has 0 atom stereocenters. The summed E-state index contributed by atoms with van der Waals surface area (Å²) in [6.07, 6.45) is 0. The summed E-state index contributed by atoms with van der Waals surface area (Å²) in [5.74, 6) is -0.0193. The summed E-state index contributed by atoms with van der Waals surface area (Å²) in [6, 6.07) is 6.12. The van der Waals surface area contributed by atoms with Crippen molar-refractivity contribution >= 4 is 11.6 Å². The van der Waals surface area contributed by atoms with E-state index in [1.54, 1.807) is 0 Å². The van der Waals surface area contributed by atoms with Gasteiger partial charge in [0.2, 0.25) is 0 Å². The van der Waals surface area contributed by atoms with E-state index in [9.17, 15) is 4.79 Å². The van der Waals surface area contributed by atoms with Crippen molar-refractivity contribution in [2.75, 3.05) is 25.1 Å². The van der Waals surface area contributed by atoms with Crippen LogP contribution >= 0.6 is 0 Å². The number of amides is 1. The predicted molar refractivity (Wildman–Crippen MR) is 67.4 cm³/mol. The minimum Gasteiger partial charge on any atom is -0.377 e. The van der Waals surface area contributed by atoms with Gasteiger partial charge in [-0.2, -0.15) is 0 Å². The molecular formula is C13H18N2O2. The number of aryl methyl sites for hydroxylation is 1. The van der Waals surface area contributed by atoms with E-state index in [1.807, 2.05) is 32.0 Å². The van der Waals surface area contributed by atoms with Crippen molar-refractivity contribution in [3.8, 4) is 0 Å². The standard InChI is InChI=1S/C13H18N2O2/c1-3-14-13(16)10-4-5-12(9(2)6-10)15-11-7-17-8-11/h4-6,11,15H,3,7-8H2,1-2H3,(H,14,16). The smallest absolute Gasteiger partial charge is 0.251 e. The largest absolute Gasteiger partial charge is 0.377 e. The monoisotopic (exact) mass is 234 g/mol. The maximum atomic E-state index is 11.6. The number of nitrogens with one attached hydrogen (secondary N) is 2. The first-order valence-electron chi connectivity index (χ1n) is 5.94. The molecule has 1 aromatic rings. The van der Waals surface area contributed by atoms with Crippen molar-refractivity contribution < 1.29 is 9.53 Å². The molecule has 4 heteroatoms. The van der Waals surface area contributed by atoms with Crippen LogP contribution in [-0.4, -0.2) is 31.7 Å². The van der Waals surface area contributed by atoms with Gasteiger partial charge in [-0.3, -0.25) is 4.79 Å². The number of anilines is 1. The molecule has 0 bridgehead atoms.